The van der Waals surface area contributed by atoms with Crippen molar-refractivity contribution in [2.24, 2.45) is 11.8 Å². The topological polar surface area (TPSA) is 21.3 Å². The van der Waals surface area contributed by atoms with Crippen LogP contribution in [-0.4, -0.2) is 25.8 Å². The third-order valence-electron chi connectivity index (χ3n) is 3.66. The largest absolute Gasteiger partial charge is 0.380 e. The maximum atomic E-state index is 5.39. The van der Waals surface area contributed by atoms with Gasteiger partial charge in [0.05, 0.1) is 6.61 Å². The summed E-state index contributed by atoms with van der Waals surface area (Å²) in [5.74, 6) is 1.93. The standard InChI is InChI=1S/C14H29NO/c1-4-16-11-13(3)15-9-8-14-7-5-6-12(2)10-14/h12-15H,4-11H2,1-3H3. The summed E-state index contributed by atoms with van der Waals surface area (Å²) in [6, 6.07) is 0.501. The van der Waals surface area contributed by atoms with Gasteiger partial charge >= 0.3 is 0 Å². The van der Waals surface area contributed by atoms with Crippen LogP contribution in [0.2, 0.25) is 0 Å². The van der Waals surface area contributed by atoms with E-state index in [1.54, 1.807) is 0 Å². The molecule has 0 aromatic heterocycles. The van der Waals surface area contributed by atoms with Crippen LogP contribution >= 0.6 is 0 Å². The summed E-state index contributed by atoms with van der Waals surface area (Å²) >= 11 is 0. The monoisotopic (exact) mass is 227 g/mol. The van der Waals surface area contributed by atoms with Crippen molar-refractivity contribution >= 4 is 0 Å². The molecule has 0 spiro atoms. The molecule has 1 saturated carbocycles. The molecule has 2 heteroatoms. The fraction of sp³-hybridized carbons (Fsp3) is 1.00. The maximum Gasteiger partial charge on any atom is 0.0616 e. The Morgan fingerprint density at radius 2 is 2.19 bits per heavy atom. The molecule has 0 aromatic carbocycles. The van der Waals surface area contributed by atoms with Gasteiger partial charge in [-0.25, -0.2) is 0 Å². The Morgan fingerprint density at radius 3 is 2.88 bits per heavy atom. The van der Waals surface area contributed by atoms with E-state index in [1.165, 1.54) is 32.1 Å². The van der Waals surface area contributed by atoms with Crippen molar-refractivity contribution in [2.75, 3.05) is 19.8 Å². The Balaban J connectivity index is 2.01. The number of rotatable bonds is 7. The van der Waals surface area contributed by atoms with Crippen LogP contribution in [-0.2, 0) is 4.74 Å². The van der Waals surface area contributed by atoms with Crippen molar-refractivity contribution in [1.82, 2.24) is 5.32 Å². The van der Waals surface area contributed by atoms with Gasteiger partial charge in [0.2, 0.25) is 0 Å². The summed E-state index contributed by atoms with van der Waals surface area (Å²) in [6.07, 6.45) is 7.14. The van der Waals surface area contributed by atoms with E-state index in [2.05, 4.69) is 26.1 Å². The highest BCUT2D eigenvalue weighted by molar-refractivity contribution is 4.72. The van der Waals surface area contributed by atoms with E-state index in [0.29, 0.717) is 6.04 Å². The highest BCUT2D eigenvalue weighted by Crippen LogP contribution is 2.30. The smallest absolute Gasteiger partial charge is 0.0616 e. The molecule has 0 amide bonds. The van der Waals surface area contributed by atoms with Gasteiger partial charge < -0.3 is 10.1 Å². The SMILES string of the molecule is CCOCC(C)NCCC1CCCC(C)C1. The van der Waals surface area contributed by atoms with E-state index in [4.69, 9.17) is 4.74 Å². The molecule has 96 valence electrons. The van der Waals surface area contributed by atoms with Crippen LogP contribution in [0.25, 0.3) is 0 Å². The second-order valence-corrected chi connectivity index (χ2v) is 5.44. The van der Waals surface area contributed by atoms with Crippen LogP contribution < -0.4 is 5.32 Å². The van der Waals surface area contributed by atoms with Gasteiger partial charge in [0.1, 0.15) is 0 Å². The van der Waals surface area contributed by atoms with Crippen molar-refractivity contribution in [3.8, 4) is 0 Å². The highest BCUT2D eigenvalue weighted by Gasteiger charge is 2.18. The Hall–Kier alpha value is -0.0800. The molecule has 3 unspecified atom stereocenters. The number of nitrogens with one attached hydrogen (secondary N) is 1. The Bertz CT molecular complexity index is 172. The number of ether oxygens (including phenoxy) is 1. The Morgan fingerprint density at radius 1 is 1.38 bits per heavy atom. The predicted molar refractivity (Wildman–Crippen MR) is 69.7 cm³/mol. The highest BCUT2D eigenvalue weighted by atomic mass is 16.5. The quantitative estimate of drug-likeness (QED) is 0.721. The lowest BCUT2D eigenvalue weighted by Gasteiger charge is -2.27. The summed E-state index contributed by atoms with van der Waals surface area (Å²) in [5.41, 5.74) is 0. The molecule has 0 aliphatic heterocycles. The van der Waals surface area contributed by atoms with E-state index >= 15 is 0 Å². The molecule has 0 heterocycles. The van der Waals surface area contributed by atoms with E-state index in [-0.39, 0.29) is 0 Å². The maximum absolute atomic E-state index is 5.39. The van der Waals surface area contributed by atoms with Crippen LogP contribution in [0.5, 0.6) is 0 Å². The van der Waals surface area contributed by atoms with Gasteiger partial charge in [-0.1, -0.05) is 26.2 Å². The normalized spacial score (nSPS) is 27.9. The van der Waals surface area contributed by atoms with Gasteiger partial charge in [0, 0.05) is 12.6 Å². The Labute approximate surface area is 101 Å². The molecule has 1 rings (SSSR count). The van der Waals surface area contributed by atoms with E-state index in [0.717, 1.165) is 31.6 Å². The van der Waals surface area contributed by atoms with E-state index < -0.39 is 0 Å². The van der Waals surface area contributed by atoms with Gasteiger partial charge in [0.15, 0.2) is 0 Å². The summed E-state index contributed by atoms with van der Waals surface area (Å²) < 4.78 is 5.39. The molecule has 2 nitrogen and oxygen atoms in total. The van der Waals surface area contributed by atoms with Crippen LogP contribution in [0.1, 0.15) is 52.9 Å². The first-order valence-corrected chi connectivity index (χ1v) is 7.03. The molecule has 0 aromatic rings. The lowest BCUT2D eigenvalue weighted by Crippen LogP contribution is -2.32. The first kappa shape index (κ1) is 14.0. The predicted octanol–water partition coefficient (Wildman–Crippen LogP) is 3.22. The van der Waals surface area contributed by atoms with Gasteiger partial charge in [-0.2, -0.15) is 0 Å². The first-order valence-electron chi connectivity index (χ1n) is 7.03. The minimum atomic E-state index is 0.501. The summed E-state index contributed by atoms with van der Waals surface area (Å²) in [6.45, 7) is 9.49. The summed E-state index contributed by atoms with van der Waals surface area (Å²) in [4.78, 5) is 0. The molecular formula is C14H29NO. The zero-order valence-corrected chi connectivity index (χ0v) is 11.3. The molecule has 3 atom stereocenters. The summed E-state index contributed by atoms with van der Waals surface area (Å²) in [5, 5.41) is 3.55. The molecular weight excluding hydrogens is 198 g/mol. The molecule has 1 N–H and O–H groups in total. The van der Waals surface area contributed by atoms with Gasteiger partial charge in [-0.15, -0.1) is 0 Å². The van der Waals surface area contributed by atoms with Crippen LogP contribution in [0.15, 0.2) is 0 Å². The fourth-order valence-corrected chi connectivity index (χ4v) is 2.71. The minimum Gasteiger partial charge on any atom is -0.380 e. The molecule has 0 radical (unpaired) electrons. The average Bonchev–Trinajstić information content (AvgIpc) is 2.26. The molecule has 0 saturated heterocycles. The van der Waals surface area contributed by atoms with E-state index in [1.807, 2.05) is 0 Å². The zero-order chi connectivity index (χ0) is 11.8. The first-order chi connectivity index (χ1) is 7.72. The zero-order valence-electron chi connectivity index (χ0n) is 11.3. The van der Waals surface area contributed by atoms with Crippen molar-refractivity contribution in [3.63, 3.8) is 0 Å². The number of hydrogen-bond acceptors (Lipinski definition) is 2. The Kier molecular flexibility index (Phi) is 7.06. The molecule has 1 aliphatic carbocycles. The molecule has 0 bridgehead atoms. The van der Waals surface area contributed by atoms with Gasteiger partial charge in [-0.05, 0) is 45.1 Å². The van der Waals surface area contributed by atoms with E-state index in [9.17, 15) is 0 Å². The summed E-state index contributed by atoms with van der Waals surface area (Å²) in [7, 11) is 0. The second kappa shape index (κ2) is 8.08. The number of hydrogen-bond donors (Lipinski definition) is 1. The van der Waals surface area contributed by atoms with Gasteiger partial charge in [-0.3, -0.25) is 0 Å². The fourth-order valence-electron chi connectivity index (χ4n) is 2.71. The minimum absolute atomic E-state index is 0.501. The third kappa shape index (κ3) is 5.86. The van der Waals surface area contributed by atoms with Crippen molar-refractivity contribution in [1.29, 1.82) is 0 Å². The third-order valence-corrected chi connectivity index (χ3v) is 3.66. The van der Waals surface area contributed by atoms with Crippen LogP contribution in [0, 0.1) is 11.8 Å². The second-order valence-electron chi connectivity index (χ2n) is 5.44. The van der Waals surface area contributed by atoms with Crippen molar-refractivity contribution in [2.45, 2.75) is 58.9 Å². The molecule has 1 aliphatic rings. The van der Waals surface area contributed by atoms with Gasteiger partial charge in [0.25, 0.3) is 0 Å². The van der Waals surface area contributed by atoms with Crippen LogP contribution in [0.4, 0.5) is 0 Å². The average molecular weight is 227 g/mol. The van der Waals surface area contributed by atoms with Crippen molar-refractivity contribution in [3.05, 3.63) is 0 Å². The van der Waals surface area contributed by atoms with Crippen LogP contribution in [0.3, 0.4) is 0 Å². The lowest BCUT2D eigenvalue weighted by molar-refractivity contribution is 0.126. The lowest BCUT2D eigenvalue weighted by atomic mass is 9.81. The van der Waals surface area contributed by atoms with Crippen molar-refractivity contribution < 1.29 is 4.74 Å². The molecule has 1 fully saturated rings. The molecule has 16 heavy (non-hydrogen) atoms.